The standard InChI is InChI=1S/C3H4BrClO2/c1-2(6)7-3(4)5/h3H,1H3. The van der Waals surface area contributed by atoms with E-state index in [0.29, 0.717) is 0 Å². The van der Waals surface area contributed by atoms with E-state index in [1.54, 1.807) is 0 Å². The summed E-state index contributed by atoms with van der Waals surface area (Å²) in [7, 11) is 0. The number of alkyl halides is 2. The van der Waals surface area contributed by atoms with Crippen LogP contribution in [-0.2, 0) is 9.53 Å². The molecule has 0 heterocycles. The summed E-state index contributed by atoms with van der Waals surface area (Å²) < 4.78 is 3.60. The predicted octanol–water partition coefficient (Wildman–Crippen LogP) is 1.47. The first-order chi connectivity index (χ1) is 3.13. The van der Waals surface area contributed by atoms with E-state index in [2.05, 4.69) is 20.7 Å². The highest BCUT2D eigenvalue weighted by Gasteiger charge is 1.98. The SMILES string of the molecule is CC(=O)OC(Cl)Br. The van der Waals surface area contributed by atoms with E-state index in [0.717, 1.165) is 0 Å². The molecule has 0 aliphatic heterocycles. The number of esters is 1. The number of carbonyl (C=O) groups is 1. The summed E-state index contributed by atoms with van der Waals surface area (Å²) in [4.78, 5) is 9.92. The molecule has 4 heteroatoms. The van der Waals surface area contributed by atoms with Crippen molar-refractivity contribution in [1.29, 1.82) is 0 Å². The third-order valence-corrected chi connectivity index (χ3v) is 0.531. The van der Waals surface area contributed by atoms with Gasteiger partial charge >= 0.3 is 5.97 Å². The minimum atomic E-state index is -0.690. The van der Waals surface area contributed by atoms with E-state index in [1.807, 2.05) is 0 Å². The molecule has 0 aliphatic rings. The minimum absolute atomic E-state index is 0.392. The van der Waals surface area contributed by atoms with Crippen LogP contribution in [0.5, 0.6) is 0 Å². The van der Waals surface area contributed by atoms with Crippen molar-refractivity contribution in [2.24, 2.45) is 0 Å². The maximum atomic E-state index is 9.92. The van der Waals surface area contributed by atoms with Gasteiger partial charge in [0.2, 0.25) is 4.47 Å². The maximum absolute atomic E-state index is 9.92. The largest absolute Gasteiger partial charge is 0.436 e. The molecular formula is C3H4BrClO2. The molecule has 2 nitrogen and oxygen atoms in total. The quantitative estimate of drug-likeness (QED) is 0.459. The topological polar surface area (TPSA) is 26.3 Å². The van der Waals surface area contributed by atoms with Crippen molar-refractivity contribution < 1.29 is 9.53 Å². The van der Waals surface area contributed by atoms with Gasteiger partial charge in [-0.25, -0.2) is 0 Å². The number of hydrogen-bond acceptors (Lipinski definition) is 2. The van der Waals surface area contributed by atoms with Crippen molar-refractivity contribution in [2.45, 2.75) is 11.4 Å². The van der Waals surface area contributed by atoms with E-state index < -0.39 is 10.4 Å². The third-order valence-electron chi connectivity index (χ3n) is 0.255. The van der Waals surface area contributed by atoms with Gasteiger partial charge in [0.15, 0.2) is 0 Å². The lowest BCUT2D eigenvalue weighted by Gasteiger charge is -1.97. The van der Waals surface area contributed by atoms with Gasteiger partial charge < -0.3 is 4.74 Å². The highest BCUT2D eigenvalue weighted by Crippen LogP contribution is 2.05. The Balaban J connectivity index is 3.13. The molecule has 0 N–H and O–H groups in total. The molecule has 0 aromatic carbocycles. The van der Waals surface area contributed by atoms with Crippen LogP contribution in [-0.4, -0.2) is 10.4 Å². The highest BCUT2D eigenvalue weighted by molar-refractivity contribution is 9.10. The Morgan fingerprint density at radius 3 is 2.43 bits per heavy atom. The van der Waals surface area contributed by atoms with Crippen LogP contribution in [0.3, 0.4) is 0 Å². The van der Waals surface area contributed by atoms with Crippen LogP contribution in [0.25, 0.3) is 0 Å². The Hall–Kier alpha value is 0.240. The number of rotatable bonds is 1. The van der Waals surface area contributed by atoms with Gasteiger partial charge in [0.25, 0.3) is 0 Å². The molecule has 7 heavy (non-hydrogen) atoms. The fraction of sp³-hybridized carbons (Fsp3) is 0.667. The van der Waals surface area contributed by atoms with Gasteiger partial charge in [0, 0.05) is 6.92 Å². The smallest absolute Gasteiger partial charge is 0.304 e. The normalized spacial score (nSPS) is 13.0. The van der Waals surface area contributed by atoms with Gasteiger partial charge in [-0.3, -0.25) is 4.79 Å². The molecule has 0 aromatic heterocycles. The average molecular weight is 187 g/mol. The van der Waals surface area contributed by atoms with Gasteiger partial charge in [0.1, 0.15) is 0 Å². The van der Waals surface area contributed by atoms with Crippen molar-refractivity contribution in [3.63, 3.8) is 0 Å². The van der Waals surface area contributed by atoms with Crippen LogP contribution in [0.2, 0.25) is 0 Å². The molecule has 0 saturated carbocycles. The molecule has 0 radical (unpaired) electrons. The first-order valence-electron chi connectivity index (χ1n) is 1.58. The minimum Gasteiger partial charge on any atom is -0.436 e. The number of carbonyl (C=O) groups excluding carboxylic acids is 1. The fourth-order valence-corrected chi connectivity index (χ4v) is 0.514. The Morgan fingerprint density at radius 1 is 2.00 bits per heavy atom. The van der Waals surface area contributed by atoms with Crippen LogP contribution in [0, 0.1) is 0 Å². The summed E-state index contributed by atoms with van der Waals surface area (Å²) in [5, 5.41) is 0. The van der Waals surface area contributed by atoms with Crippen LogP contribution >= 0.6 is 27.5 Å². The zero-order chi connectivity index (χ0) is 5.86. The summed E-state index contributed by atoms with van der Waals surface area (Å²) in [5.41, 5.74) is 0. The average Bonchev–Trinajstić information content (AvgIpc) is 1.27. The highest BCUT2D eigenvalue weighted by atomic mass is 79.9. The third kappa shape index (κ3) is 6.24. The van der Waals surface area contributed by atoms with Crippen molar-refractivity contribution in [3.05, 3.63) is 0 Å². The van der Waals surface area contributed by atoms with Gasteiger partial charge in [-0.2, -0.15) is 0 Å². The molecule has 1 unspecified atom stereocenters. The van der Waals surface area contributed by atoms with Gasteiger partial charge in [-0.05, 0) is 15.9 Å². The molecule has 0 rings (SSSR count). The van der Waals surface area contributed by atoms with Gasteiger partial charge in [0.05, 0.1) is 0 Å². The molecule has 0 aliphatic carbocycles. The number of ether oxygens (including phenoxy) is 1. The summed E-state index contributed by atoms with van der Waals surface area (Å²) in [5.74, 6) is -0.392. The Bertz CT molecular complexity index is 73.3. The second-order valence-corrected chi connectivity index (χ2v) is 2.63. The lowest BCUT2D eigenvalue weighted by Crippen LogP contribution is -2.00. The Labute approximate surface area is 54.9 Å². The van der Waals surface area contributed by atoms with Gasteiger partial charge in [-0.15, -0.1) is 0 Å². The van der Waals surface area contributed by atoms with Crippen LogP contribution < -0.4 is 0 Å². The molecule has 42 valence electrons. The summed E-state index contributed by atoms with van der Waals surface area (Å²) in [6.45, 7) is 1.29. The van der Waals surface area contributed by atoms with Crippen LogP contribution in [0.4, 0.5) is 0 Å². The molecule has 0 amide bonds. The number of hydrogen-bond donors (Lipinski definition) is 0. The predicted molar refractivity (Wildman–Crippen MR) is 30.3 cm³/mol. The monoisotopic (exact) mass is 186 g/mol. The second kappa shape index (κ2) is 3.27. The van der Waals surface area contributed by atoms with E-state index >= 15 is 0 Å². The first kappa shape index (κ1) is 7.24. The summed E-state index contributed by atoms with van der Waals surface area (Å²) in [6, 6.07) is 0. The zero-order valence-electron chi connectivity index (χ0n) is 3.65. The van der Waals surface area contributed by atoms with Crippen molar-refractivity contribution >= 4 is 33.5 Å². The van der Waals surface area contributed by atoms with Crippen LogP contribution in [0.15, 0.2) is 0 Å². The zero-order valence-corrected chi connectivity index (χ0v) is 5.99. The van der Waals surface area contributed by atoms with E-state index in [1.165, 1.54) is 6.92 Å². The number of halogens is 2. The maximum Gasteiger partial charge on any atom is 0.304 e. The second-order valence-electron chi connectivity index (χ2n) is 0.870. The van der Waals surface area contributed by atoms with Crippen molar-refractivity contribution in [3.8, 4) is 0 Å². The van der Waals surface area contributed by atoms with E-state index in [9.17, 15) is 4.79 Å². The molecular weight excluding hydrogens is 183 g/mol. The fourth-order valence-electron chi connectivity index (χ4n) is 0.125. The molecule has 0 bridgehead atoms. The van der Waals surface area contributed by atoms with E-state index in [4.69, 9.17) is 11.6 Å². The molecule has 0 saturated heterocycles. The summed E-state index contributed by atoms with van der Waals surface area (Å²) >= 11 is 7.94. The Morgan fingerprint density at radius 2 is 2.43 bits per heavy atom. The molecule has 0 aromatic rings. The molecule has 0 fully saturated rings. The van der Waals surface area contributed by atoms with Gasteiger partial charge in [-0.1, -0.05) is 11.6 Å². The summed E-state index contributed by atoms with van der Waals surface area (Å²) in [6.07, 6.45) is 0. The first-order valence-corrected chi connectivity index (χ1v) is 2.93. The van der Waals surface area contributed by atoms with Crippen molar-refractivity contribution in [2.75, 3.05) is 0 Å². The van der Waals surface area contributed by atoms with E-state index in [-0.39, 0.29) is 0 Å². The van der Waals surface area contributed by atoms with Crippen LogP contribution in [0.1, 0.15) is 6.92 Å². The molecule has 1 atom stereocenters. The van der Waals surface area contributed by atoms with Crippen molar-refractivity contribution in [1.82, 2.24) is 0 Å². The molecule has 0 spiro atoms. The Kier molecular flexibility index (Phi) is 3.38. The lowest BCUT2D eigenvalue weighted by atomic mass is 10.8. The lowest BCUT2D eigenvalue weighted by molar-refractivity contribution is -0.139.